The Morgan fingerprint density at radius 2 is 1.55 bits per heavy atom. The monoisotopic (exact) mass is 525 g/mol. The molecule has 1 heterocycles. The highest BCUT2D eigenvalue weighted by atomic mass is 35.5. The SMILES string of the molecule is O=C(O)c1ccc(Cc2cn(C(c3ccccc3)c3ccccc3)c3cc(Cl)ccc23)c(OCCCO)c1. The summed E-state index contributed by atoms with van der Waals surface area (Å²) in [6, 6.07) is 31.6. The van der Waals surface area contributed by atoms with Crippen molar-refractivity contribution in [3.8, 4) is 5.75 Å². The molecule has 0 atom stereocenters. The van der Waals surface area contributed by atoms with Gasteiger partial charge in [-0.1, -0.05) is 84.4 Å². The van der Waals surface area contributed by atoms with E-state index >= 15 is 0 Å². The molecule has 0 unspecified atom stereocenters. The molecular weight excluding hydrogens is 498 g/mol. The van der Waals surface area contributed by atoms with Crippen LogP contribution in [0.2, 0.25) is 5.02 Å². The third-order valence-electron chi connectivity index (χ3n) is 6.64. The second kappa shape index (κ2) is 11.5. The largest absolute Gasteiger partial charge is 0.493 e. The maximum atomic E-state index is 11.6. The van der Waals surface area contributed by atoms with Crippen LogP contribution in [-0.4, -0.2) is 34.0 Å². The molecule has 0 amide bonds. The van der Waals surface area contributed by atoms with E-state index in [0.717, 1.165) is 33.2 Å². The fraction of sp³-hybridized carbons (Fsp3) is 0.156. The van der Waals surface area contributed by atoms with Gasteiger partial charge in [-0.15, -0.1) is 0 Å². The van der Waals surface area contributed by atoms with Gasteiger partial charge in [0.2, 0.25) is 0 Å². The molecule has 6 heteroatoms. The van der Waals surface area contributed by atoms with Crippen molar-refractivity contribution >= 4 is 28.5 Å². The number of rotatable bonds is 10. The van der Waals surface area contributed by atoms with Crippen LogP contribution in [-0.2, 0) is 6.42 Å². The van der Waals surface area contributed by atoms with Crippen LogP contribution in [0.15, 0.2) is 103 Å². The average molecular weight is 526 g/mol. The zero-order valence-corrected chi connectivity index (χ0v) is 21.5. The second-order valence-electron chi connectivity index (χ2n) is 9.18. The number of halogens is 1. The first-order valence-corrected chi connectivity index (χ1v) is 12.9. The van der Waals surface area contributed by atoms with Crippen molar-refractivity contribution in [2.45, 2.75) is 18.9 Å². The number of carboxylic acid groups (broad SMARTS) is 1. The predicted octanol–water partition coefficient (Wildman–Crippen LogP) is 6.98. The van der Waals surface area contributed by atoms with Gasteiger partial charge < -0.3 is 19.5 Å². The second-order valence-corrected chi connectivity index (χ2v) is 9.61. The molecule has 2 N–H and O–H groups in total. The third-order valence-corrected chi connectivity index (χ3v) is 6.88. The Balaban J connectivity index is 1.64. The Bertz CT molecular complexity index is 1510. The van der Waals surface area contributed by atoms with Gasteiger partial charge in [-0.05, 0) is 46.5 Å². The maximum Gasteiger partial charge on any atom is 0.335 e. The van der Waals surface area contributed by atoms with E-state index in [1.165, 1.54) is 0 Å². The number of carbonyl (C=O) groups is 1. The molecule has 5 aromatic rings. The number of benzene rings is 4. The van der Waals surface area contributed by atoms with Gasteiger partial charge in [0.1, 0.15) is 5.75 Å². The first kappa shape index (κ1) is 25.6. The molecule has 192 valence electrons. The van der Waals surface area contributed by atoms with Crippen LogP contribution in [0.3, 0.4) is 0 Å². The minimum absolute atomic E-state index is 0.00254. The minimum Gasteiger partial charge on any atom is -0.493 e. The molecule has 38 heavy (non-hydrogen) atoms. The molecule has 0 saturated carbocycles. The quantitative estimate of drug-likeness (QED) is 0.193. The van der Waals surface area contributed by atoms with E-state index in [1.54, 1.807) is 12.1 Å². The molecule has 4 aromatic carbocycles. The number of aromatic nitrogens is 1. The first-order chi connectivity index (χ1) is 18.5. The molecule has 5 rings (SSSR count). The molecule has 0 radical (unpaired) electrons. The van der Waals surface area contributed by atoms with Crippen LogP contribution in [0, 0.1) is 0 Å². The highest BCUT2D eigenvalue weighted by Gasteiger charge is 2.21. The van der Waals surface area contributed by atoms with Crippen LogP contribution in [0.25, 0.3) is 10.9 Å². The van der Waals surface area contributed by atoms with Crippen molar-refractivity contribution in [2.75, 3.05) is 13.2 Å². The van der Waals surface area contributed by atoms with Gasteiger partial charge in [0.15, 0.2) is 0 Å². The Kier molecular flexibility index (Phi) is 7.78. The summed E-state index contributed by atoms with van der Waals surface area (Å²) in [5.74, 6) is -0.501. The summed E-state index contributed by atoms with van der Waals surface area (Å²) in [6.45, 7) is 0.302. The molecule has 0 bridgehead atoms. The van der Waals surface area contributed by atoms with Gasteiger partial charge in [0.25, 0.3) is 0 Å². The van der Waals surface area contributed by atoms with Gasteiger partial charge >= 0.3 is 5.97 Å². The number of nitrogens with zero attached hydrogens (tertiary/aromatic N) is 1. The summed E-state index contributed by atoms with van der Waals surface area (Å²) in [7, 11) is 0. The molecule has 1 aromatic heterocycles. The van der Waals surface area contributed by atoms with Gasteiger partial charge in [0, 0.05) is 36.1 Å². The van der Waals surface area contributed by atoms with Crippen LogP contribution in [0.4, 0.5) is 0 Å². The Morgan fingerprint density at radius 3 is 2.18 bits per heavy atom. The number of ether oxygens (including phenoxy) is 1. The molecule has 0 aliphatic heterocycles. The molecule has 5 nitrogen and oxygen atoms in total. The molecule has 0 aliphatic carbocycles. The third kappa shape index (κ3) is 5.44. The number of aromatic carboxylic acids is 1. The average Bonchev–Trinajstić information content (AvgIpc) is 3.27. The number of fused-ring (bicyclic) bond motifs is 1. The first-order valence-electron chi connectivity index (χ1n) is 12.5. The van der Waals surface area contributed by atoms with E-state index in [9.17, 15) is 15.0 Å². The summed E-state index contributed by atoms with van der Waals surface area (Å²) < 4.78 is 8.18. The lowest BCUT2D eigenvalue weighted by atomic mass is 9.98. The summed E-state index contributed by atoms with van der Waals surface area (Å²) >= 11 is 6.49. The summed E-state index contributed by atoms with van der Waals surface area (Å²) in [5, 5.41) is 20.4. The lowest BCUT2D eigenvalue weighted by Crippen LogP contribution is -2.11. The van der Waals surface area contributed by atoms with Crippen LogP contribution >= 0.6 is 11.6 Å². The van der Waals surface area contributed by atoms with Gasteiger partial charge in [-0.3, -0.25) is 0 Å². The Labute approximate surface area is 226 Å². The molecule has 0 aliphatic rings. The normalized spacial score (nSPS) is 11.2. The van der Waals surface area contributed by atoms with E-state index in [-0.39, 0.29) is 18.2 Å². The summed E-state index contributed by atoms with van der Waals surface area (Å²) in [6.07, 6.45) is 3.16. The van der Waals surface area contributed by atoms with Crippen LogP contribution in [0.5, 0.6) is 5.75 Å². The lowest BCUT2D eigenvalue weighted by molar-refractivity contribution is 0.0696. The van der Waals surface area contributed by atoms with E-state index in [1.807, 2.05) is 60.7 Å². The highest BCUT2D eigenvalue weighted by molar-refractivity contribution is 6.31. The fourth-order valence-corrected chi connectivity index (χ4v) is 5.02. The van der Waals surface area contributed by atoms with Crippen molar-refractivity contribution < 1.29 is 19.7 Å². The number of hydrogen-bond acceptors (Lipinski definition) is 3. The van der Waals surface area contributed by atoms with Crippen LogP contribution < -0.4 is 4.74 Å². The Morgan fingerprint density at radius 1 is 0.868 bits per heavy atom. The number of carboxylic acids is 1. The summed E-state index contributed by atoms with van der Waals surface area (Å²) in [4.78, 5) is 11.6. The molecule has 0 saturated heterocycles. The van der Waals surface area contributed by atoms with Crippen molar-refractivity contribution in [2.24, 2.45) is 0 Å². The van der Waals surface area contributed by atoms with E-state index in [4.69, 9.17) is 16.3 Å². The predicted molar refractivity (Wildman–Crippen MR) is 150 cm³/mol. The molecule has 0 spiro atoms. The minimum atomic E-state index is -1.01. The van der Waals surface area contributed by atoms with Crippen molar-refractivity contribution in [3.63, 3.8) is 0 Å². The number of hydrogen-bond donors (Lipinski definition) is 2. The van der Waals surface area contributed by atoms with Crippen LogP contribution in [0.1, 0.15) is 45.1 Å². The number of aliphatic hydroxyl groups is 1. The van der Waals surface area contributed by atoms with Crippen molar-refractivity contribution in [3.05, 3.63) is 136 Å². The fourth-order valence-electron chi connectivity index (χ4n) is 4.86. The van der Waals surface area contributed by atoms with E-state index in [0.29, 0.717) is 30.2 Å². The standard InChI is InChI=1S/C32H28ClNO4/c33-27-14-15-28-26(18-24-12-13-25(32(36)37)19-30(24)38-17-7-16-35)21-34(29(28)20-27)31(22-8-3-1-4-9-22)23-10-5-2-6-11-23/h1-6,8-15,19-21,31,35H,7,16-18H2,(H,36,37). The maximum absolute atomic E-state index is 11.6. The van der Waals surface area contributed by atoms with Crippen molar-refractivity contribution in [1.29, 1.82) is 0 Å². The smallest absolute Gasteiger partial charge is 0.335 e. The van der Waals surface area contributed by atoms with Crippen molar-refractivity contribution in [1.82, 2.24) is 4.57 Å². The zero-order valence-electron chi connectivity index (χ0n) is 20.8. The van der Waals surface area contributed by atoms with Gasteiger partial charge in [-0.25, -0.2) is 4.79 Å². The molecular formula is C32H28ClNO4. The van der Waals surface area contributed by atoms with E-state index < -0.39 is 5.97 Å². The van der Waals surface area contributed by atoms with E-state index in [2.05, 4.69) is 35.0 Å². The topological polar surface area (TPSA) is 71.7 Å². The molecule has 0 fully saturated rings. The highest BCUT2D eigenvalue weighted by Crippen LogP contribution is 2.36. The van der Waals surface area contributed by atoms with Gasteiger partial charge in [-0.2, -0.15) is 0 Å². The van der Waals surface area contributed by atoms with Gasteiger partial charge in [0.05, 0.1) is 23.7 Å². The zero-order chi connectivity index (χ0) is 26.5. The number of aliphatic hydroxyl groups excluding tert-OH is 1. The summed E-state index contributed by atoms with van der Waals surface area (Å²) in [5.41, 5.74) is 5.42. The Hall–Kier alpha value is -4.06. The lowest BCUT2D eigenvalue weighted by Gasteiger charge is -2.21.